The first-order chi connectivity index (χ1) is 8.65. The summed E-state index contributed by atoms with van der Waals surface area (Å²) in [5.41, 5.74) is 1.69. The van der Waals surface area contributed by atoms with Crippen molar-refractivity contribution in [1.29, 1.82) is 0 Å². The van der Waals surface area contributed by atoms with E-state index in [0.29, 0.717) is 0 Å². The minimum atomic E-state index is -0.276. The second kappa shape index (κ2) is 4.24. The number of nitro benzene ring substituents is 1. The normalized spacial score (nSPS) is 26.4. The van der Waals surface area contributed by atoms with Crippen molar-refractivity contribution in [3.8, 4) is 0 Å². The SMILES string of the molecule is Cc1cccc(N2CC3CCC(C2)O3)c1[N+](=O)[O-]. The van der Waals surface area contributed by atoms with E-state index in [2.05, 4.69) is 4.90 Å². The number of anilines is 1. The molecule has 2 heterocycles. The van der Waals surface area contributed by atoms with Crippen LogP contribution in [0.1, 0.15) is 18.4 Å². The molecule has 3 rings (SSSR count). The maximum absolute atomic E-state index is 11.2. The lowest BCUT2D eigenvalue weighted by atomic mass is 10.1. The smallest absolute Gasteiger partial charge is 0.295 e. The molecule has 0 saturated carbocycles. The summed E-state index contributed by atoms with van der Waals surface area (Å²) >= 11 is 0. The van der Waals surface area contributed by atoms with Crippen molar-refractivity contribution in [2.45, 2.75) is 32.0 Å². The molecule has 5 nitrogen and oxygen atoms in total. The fourth-order valence-electron chi connectivity index (χ4n) is 2.95. The fraction of sp³-hybridized carbons (Fsp3) is 0.538. The molecule has 2 unspecified atom stereocenters. The summed E-state index contributed by atoms with van der Waals surface area (Å²) in [6, 6.07) is 5.52. The van der Waals surface area contributed by atoms with E-state index >= 15 is 0 Å². The van der Waals surface area contributed by atoms with Crippen LogP contribution >= 0.6 is 0 Å². The second-order valence-corrected chi connectivity index (χ2v) is 5.06. The van der Waals surface area contributed by atoms with Crippen molar-refractivity contribution in [2.24, 2.45) is 0 Å². The van der Waals surface area contributed by atoms with Crippen LogP contribution in [0.15, 0.2) is 18.2 Å². The Kier molecular flexibility index (Phi) is 2.70. The molecule has 0 N–H and O–H groups in total. The molecule has 2 aliphatic rings. The Balaban J connectivity index is 1.97. The van der Waals surface area contributed by atoms with Crippen LogP contribution in [0.5, 0.6) is 0 Å². The van der Waals surface area contributed by atoms with E-state index in [4.69, 9.17) is 4.74 Å². The summed E-state index contributed by atoms with van der Waals surface area (Å²) in [6.45, 7) is 3.32. The lowest BCUT2D eigenvalue weighted by Gasteiger charge is -2.33. The Morgan fingerprint density at radius 1 is 1.33 bits per heavy atom. The molecule has 0 radical (unpaired) electrons. The largest absolute Gasteiger partial charge is 0.371 e. The molecule has 0 spiro atoms. The number of aryl methyl sites for hydroxylation is 1. The predicted octanol–water partition coefficient (Wildman–Crippen LogP) is 2.27. The minimum absolute atomic E-state index is 0.235. The standard InChI is InChI=1S/C13H16N2O3/c1-9-3-2-4-12(13(9)15(16)17)14-7-10-5-6-11(8-14)18-10/h2-4,10-11H,5-8H2,1H3. The maximum Gasteiger partial charge on any atom is 0.295 e. The van der Waals surface area contributed by atoms with Gasteiger partial charge >= 0.3 is 0 Å². The monoisotopic (exact) mass is 248 g/mol. The van der Waals surface area contributed by atoms with Crippen molar-refractivity contribution >= 4 is 11.4 Å². The van der Waals surface area contributed by atoms with E-state index in [9.17, 15) is 10.1 Å². The molecule has 0 amide bonds. The molecule has 2 aliphatic heterocycles. The van der Waals surface area contributed by atoms with Gasteiger partial charge in [0, 0.05) is 18.7 Å². The number of hydrogen-bond donors (Lipinski definition) is 0. The first-order valence-corrected chi connectivity index (χ1v) is 6.29. The molecule has 96 valence electrons. The molecule has 2 fully saturated rings. The number of rotatable bonds is 2. The summed E-state index contributed by atoms with van der Waals surface area (Å²) in [6.07, 6.45) is 2.62. The molecular weight excluding hydrogens is 232 g/mol. The number of fused-ring (bicyclic) bond motifs is 2. The van der Waals surface area contributed by atoms with Crippen LogP contribution in [0, 0.1) is 17.0 Å². The molecule has 5 heteroatoms. The van der Waals surface area contributed by atoms with Gasteiger partial charge in [-0.05, 0) is 25.8 Å². The third kappa shape index (κ3) is 1.84. The lowest BCUT2D eigenvalue weighted by Crippen LogP contribution is -2.42. The molecule has 2 atom stereocenters. The summed E-state index contributed by atoms with van der Waals surface area (Å²) in [5, 5.41) is 11.2. The molecule has 1 aromatic rings. The third-order valence-electron chi connectivity index (χ3n) is 3.78. The van der Waals surface area contributed by atoms with E-state index in [-0.39, 0.29) is 22.8 Å². The van der Waals surface area contributed by atoms with E-state index in [1.165, 1.54) is 0 Å². The van der Waals surface area contributed by atoms with Gasteiger partial charge in [-0.1, -0.05) is 12.1 Å². The highest BCUT2D eigenvalue weighted by molar-refractivity contribution is 5.67. The van der Waals surface area contributed by atoms with Gasteiger partial charge < -0.3 is 9.64 Å². The van der Waals surface area contributed by atoms with Crippen molar-refractivity contribution in [3.05, 3.63) is 33.9 Å². The second-order valence-electron chi connectivity index (χ2n) is 5.06. The third-order valence-corrected chi connectivity index (χ3v) is 3.78. The highest BCUT2D eigenvalue weighted by Gasteiger charge is 2.36. The molecule has 1 aromatic carbocycles. The number of para-hydroxylation sites is 1. The molecule has 2 bridgehead atoms. The Hall–Kier alpha value is -1.62. The van der Waals surface area contributed by atoms with Crippen molar-refractivity contribution in [1.82, 2.24) is 0 Å². The number of ether oxygens (including phenoxy) is 1. The number of morpholine rings is 1. The van der Waals surface area contributed by atoms with Crippen LogP contribution in [0.3, 0.4) is 0 Å². The number of nitrogens with zero attached hydrogens (tertiary/aromatic N) is 2. The number of hydrogen-bond acceptors (Lipinski definition) is 4. The Bertz CT molecular complexity index is 477. The fourth-order valence-corrected chi connectivity index (χ4v) is 2.95. The van der Waals surface area contributed by atoms with Gasteiger partial charge in [0.05, 0.1) is 17.1 Å². The summed E-state index contributed by atoms with van der Waals surface area (Å²) in [7, 11) is 0. The quantitative estimate of drug-likeness (QED) is 0.595. The van der Waals surface area contributed by atoms with Gasteiger partial charge in [0.25, 0.3) is 5.69 Å². The molecule has 0 aromatic heterocycles. The topological polar surface area (TPSA) is 55.6 Å². The molecule has 18 heavy (non-hydrogen) atoms. The summed E-state index contributed by atoms with van der Waals surface area (Å²) in [5.74, 6) is 0. The van der Waals surface area contributed by atoms with E-state index in [0.717, 1.165) is 37.2 Å². The van der Waals surface area contributed by atoms with E-state index < -0.39 is 0 Å². The molecule has 0 aliphatic carbocycles. The summed E-state index contributed by atoms with van der Waals surface area (Å²) in [4.78, 5) is 13.0. The van der Waals surface area contributed by atoms with E-state index in [1.807, 2.05) is 12.1 Å². The zero-order chi connectivity index (χ0) is 12.7. The highest BCUT2D eigenvalue weighted by atomic mass is 16.6. The number of benzene rings is 1. The van der Waals surface area contributed by atoms with Gasteiger partial charge in [-0.15, -0.1) is 0 Å². The van der Waals surface area contributed by atoms with Gasteiger partial charge in [-0.2, -0.15) is 0 Å². The van der Waals surface area contributed by atoms with E-state index in [1.54, 1.807) is 13.0 Å². The van der Waals surface area contributed by atoms with Crippen molar-refractivity contribution < 1.29 is 9.66 Å². The van der Waals surface area contributed by atoms with Crippen LogP contribution < -0.4 is 4.90 Å². The average molecular weight is 248 g/mol. The van der Waals surface area contributed by atoms with Gasteiger partial charge in [-0.3, -0.25) is 10.1 Å². The highest BCUT2D eigenvalue weighted by Crippen LogP contribution is 2.36. The molecular formula is C13H16N2O3. The summed E-state index contributed by atoms with van der Waals surface area (Å²) < 4.78 is 5.77. The Labute approximate surface area is 106 Å². The zero-order valence-electron chi connectivity index (χ0n) is 10.3. The van der Waals surface area contributed by atoms with Gasteiger partial charge in [0.1, 0.15) is 5.69 Å². The van der Waals surface area contributed by atoms with Crippen LogP contribution in [-0.4, -0.2) is 30.2 Å². The van der Waals surface area contributed by atoms with Gasteiger partial charge in [-0.25, -0.2) is 0 Å². The first kappa shape index (κ1) is 11.5. The average Bonchev–Trinajstić information content (AvgIpc) is 2.67. The van der Waals surface area contributed by atoms with Gasteiger partial charge in [0.2, 0.25) is 0 Å². The molecule has 2 saturated heterocycles. The minimum Gasteiger partial charge on any atom is -0.371 e. The van der Waals surface area contributed by atoms with Crippen molar-refractivity contribution in [3.63, 3.8) is 0 Å². The Morgan fingerprint density at radius 3 is 2.61 bits per heavy atom. The Morgan fingerprint density at radius 2 is 2.00 bits per heavy atom. The van der Waals surface area contributed by atoms with Crippen LogP contribution in [0.4, 0.5) is 11.4 Å². The lowest BCUT2D eigenvalue weighted by molar-refractivity contribution is -0.384. The van der Waals surface area contributed by atoms with Crippen LogP contribution in [0.25, 0.3) is 0 Å². The maximum atomic E-state index is 11.2. The van der Waals surface area contributed by atoms with Crippen LogP contribution in [0.2, 0.25) is 0 Å². The van der Waals surface area contributed by atoms with Gasteiger partial charge in [0.15, 0.2) is 0 Å². The van der Waals surface area contributed by atoms with Crippen LogP contribution in [-0.2, 0) is 4.74 Å². The number of nitro groups is 1. The van der Waals surface area contributed by atoms with Crippen molar-refractivity contribution in [2.75, 3.05) is 18.0 Å². The predicted molar refractivity (Wildman–Crippen MR) is 67.9 cm³/mol. The first-order valence-electron chi connectivity index (χ1n) is 6.29. The zero-order valence-corrected chi connectivity index (χ0v) is 10.3.